The summed E-state index contributed by atoms with van der Waals surface area (Å²) in [5, 5.41) is 8.84. The highest BCUT2D eigenvalue weighted by atomic mass is 35.5. The van der Waals surface area contributed by atoms with E-state index in [0.29, 0.717) is 19.0 Å². The summed E-state index contributed by atoms with van der Waals surface area (Å²) in [6, 6.07) is 0.452. The van der Waals surface area contributed by atoms with Crippen LogP contribution < -0.4 is 0 Å². The summed E-state index contributed by atoms with van der Waals surface area (Å²) in [6.45, 7) is 2.48. The van der Waals surface area contributed by atoms with Crippen LogP contribution >= 0.6 is 11.6 Å². The van der Waals surface area contributed by atoms with Gasteiger partial charge < -0.3 is 10.0 Å². The van der Waals surface area contributed by atoms with Gasteiger partial charge in [-0.15, -0.1) is 11.6 Å². The summed E-state index contributed by atoms with van der Waals surface area (Å²) in [6.07, 6.45) is 0.636. The lowest BCUT2D eigenvalue weighted by Gasteiger charge is -2.34. The monoisotopic (exact) mass is 307 g/mol. The van der Waals surface area contributed by atoms with Gasteiger partial charge in [0.15, 0.2) is 17.4 Å². The fourth-order valence-corrected chi connectivity index (χ4v) is 2.42. The van der Waals surface area contributed by atoms with Gasteiger partial charge in [0.25, 0.3) is 5.91 Å². The molecule has 1 aliphatic rings. The Kier molecular flexibility index (Phi) is 4.13. The molecule has 0 bridgehead atoms. The molecule has 1 amide bonds. The average molecular weight is 308 g/mol. The summed E-state index contributed by atoms with van der Waals surface area (Å²) in [5.74, 6) is -6.72. The zero-order valence-corrected chi connectivity index (χ0v) is 11.4. The first-order valence-electron chi connectivity index (χ1n) is 6.12. The van der Waals surface area contributed by atoms with Gasteiger partial charge in [0.2, 0.25) is 5.82 Å². The van der Waals surface area contributed by atoms with E-state index in [1.165, 1.54) is 4.90 Å². The molecule has 1 fully saturated rings. The quantitative estimate of drug-likeness (QED) is 0.640. The van der Waals surface area contributed by atoms with Crippen LogP contribution in [-0.2, 0) is 0 Å². The standard InChI is InChI=1S/C13H13ClF3NO2/c1-6-2-3-18(5-8(6)14)13(20)7-4-9(15)11(17)12(19)10(7)16/h4,6,8,19H,2-3,5H2,1H3. The zero-order chi connectivity index (χ0) is 15.0. The molecule has 0 radical (unpaired) electrons. The lowest BCUT2D eigenvalue weighted by atomic mass is 9.98. The van der Waals surface area contributed by atoms with Gasteiger partial charge in [-0.05, 0) is 18.4 Å². The van der Waals surface area contributed by atoms with Gasteiger partial charge in [0.05, 0.1) is 10.9 Å². The molecule has 1 aromatic carbocycles. The van der Waals surface area contributed by atoms with Gasteiger partial charge in [0, 0.05) is 13.1 Å². The molecule has 1 N–H and O–H groups in total. The molecule has 3 nitrogen and oxygen atoms in total. The van der Waals surface area contributed by atoms with Crippen LogP contribution in [0.5, 0.6) is 5.75 Å². The number of hydrogen-bond acceptors (Lipinski definition) is 2. The molecule has 0 spiro atoms. The number of halogens is 4. The molecule has 2 atom stereocenters. The number of rotatable bonds is 1. The van der Waals surface area contributed by atoms with Gasteiger partial charge in [-0.3, -0.25) is 4.79 Å². The summed E-state index contributed by atoms with van der Waals surface area (Å²) in [5.41, 5.74) is -0.695. The van der Waals surface area contributed by atoms with E-state index < -0.39 is 34.7 Å². The van der Waals surface area contributed by atoms with Crippen molar-refractivity contribution in [2.45, 2.75) is 18.7 Å². The molecule has 1 aromatic rings. The summed E-state index contributed by atoms with van der Waals surface area (Å²) in [4.78, 5) is 13.4. The van der Waals surface area contributed by atoms with Gasteiger partial charge in [-0.25, -0.2) is 8.78 Å². The molecule has 1 saturated heterocycles. The second-order valence-corrected chi connectivity index (χ2v) is 5.48. The maximum atomic E-state index is 13.7. The highest BCUT2D eigenvalue weighted by Gasteiger charge is 2.31. The maximum absolute atomic E-state index is 13.7. The molecule has 0 saturated carbocycles. The Morgan fingerprint density at radius 1 is 1.40 bits per heavy atom. The fraction of sp³-hybridized carbons (Fsp3) is 0.462. The minimum atomic E-state index is -1.71. The van der Waals surface area contributed by atoms with Crippen molar-refractivity contribution in [2.24, 2.45) is 5.92 Å². The Labute approximate surface area is 118 Å². The number of alkyl halides is 1. The molecule has 1 heterocycles. The maximum Gasteiger partial charge on any atom is 0.257 e. The first-order valence-corrected chi connectivity index (χ1v) is 6.56. The van der Waals surface area contributed by atoms with Crippen LogP contribution in [0, 0.1) is 23.4 Å². The minimum Gasteiger partial charge on any atom is -0.503 e. The van der Waals surface area contributed by atoms with Crippen molar-refractivity contribution < 1.29 is 23.1 Å². The Balaban J connectivity index is 2.30. The van der Waals surface area contributed by atoms with Crippen molar-refractivity contribution in [1.82, 2.24) is 4.90 Å². The molecular formula is C13H13ClF3NO2. The Morgan fingerprint density at radius 3 is 2.65 bits per heavy atom. The second-order valence-electron chi connectivity index (χ2n) is 4.92. The number of nitrogens with zero attached hydrogens (tertiary/aromatic N) is 1. The molecule has 20 heavy (non-hydrogen) atoms. The van der Waals surface area contributed by atoms with E-state index in [9.17, 15) is 18.0 Å². The van der Waals surface area contributed by atoms with Crippen molar-refractivity contribution in [3.05, 3.63) is 29.1 Å². The van der Waals surface area contributed by atoms with E-state index in [-0.39, 0.29) is 17.8 Å². The van der Waals surface area contributed by atoms with Gasteiger partial charge in [-0.1, -0.05) is 6.92 Å². The smallest absolute Gasteiger partial charge is 0.257 e. The molecule has 110 valence electrons. The number of benzene rings is 1. The number of phenols is 1. The third-order valence-electron chi connectivity index (χ3n) is 3.52. The third kappa shape index (κ3) is 2.57. The van der Waals surface area contributed by atoms with Crippen molar-refractivity contribution >= 4 is 17.5 Å². The number of carbonyl (C=O) groups excluding carboxylic acids is 1. The highest BCUT2D eigenvalue weighted by molar-refractivity contribution is 6.21. The molecule has 0 aliphatic carbocycles. The lowest BCUT2D eigenvalue weighted by molar-refractivity contribution is 0.0695. The third-order valence-corrected chi connectivity index (χ3v) is 4.09. The first-order chi connectivity index (χ1) is 9.32. The summed E-state index contributed by atoms with van der Waals surface area (Å²) < 4.78 is 39.9. The van der Waals surface area contributed by atoms with E-state index in [2.05, 4.69) is 0 Å². The van der Waals surface area contributed by atoms with E-state index >= 15 is 0 Å². The number of hydrogen-bond donors (Lipinski definition) is 1. The number of amides is 1. The minimum absolute atomic E-state index is 0.195. The molecule has 2 rings (SSSR count). The van der Waals surface area contributed by atoms with Gasteiger partial charge in [-0.2, -0.15) is 4.39 Å². The number of aromatic hydroxyl groups is 1. The fourth-order valence-electron chi connectivity index (χ4n) is 2.12. The SMILES string of the molecule is CC1CCN(C(=O)c2cc(F)c(F)c(O)c2F)CC1Cl. The van der Waals surface area contributed by atoms with Crippen LogP contribution in [0.4, 0.5) is 13.2 Å². The molecule has 1 aliphatic heterocycles. The molecule has 7 heteroatoms. The van der Waals surface area contributed by atoms with Crippen LogP contribution in [0.15, 0.2) is 6.07 Å². The Morgan fingerprint density at radius 2 is 2.05 bits per heavy atom. The molecule has 0 aromatic heterocycles. The van der Waals surface area contributed by atoms with Crippen LogP contribution in [0.3, 0.4) is 0 Å². The lowest BCUT2D eigenvalue weighted by Crippen LogP contribution is -2.44. The van der Waals surface area contributed by atoms with Crippen molar-refractivity contribution in [3.8, 4) is 5.75 Å². The topological polar surface area (TPSA) is 40.5 Å². The molecular weight excluding hydrogens is 295 g/mol. The number of phenolic OH excluding ortho intramolecular Hbond substituents is 1. The van der Waals surface area contributed by atoms with E-state index in [0.717, 1.165) is 0 Å². The average Bonchev–Trinajstić information content (AvgIpc) is 2.43. The van der Waals surface area contributed by atoms with Crippen LogP contribution in [0.25, 0.3) is 0 Å². The highest BCUT2D eigenvalue weighted by Crippen LogP contribution is 2.28. The summed E-state index contributed by atoms with van der Waals surface area (Å²) in [7, 11) is 0. The predicted molar refractivity (Wildman–Crippen MR) is 67.3 cm³/mol. The summed E-state index contributed by atoms with van der Waals surface area (Å²) >= 11 is 6.05. The van der Waals surface area contributed by atoms with Crippen LogP contribution in [0.2, 0.25) is 0 Å². The van der Waals surface area contributed by atoms with Crippen molar-refractivity contribution in [1.29, 1.82) is 0 Å². The molecule has 2 unspecified atom stereocenters. The van der Waals surface area contributed by atoms with Crippen LogP contribution in [0.1, 0.15) is 23.7 Å². The predicted octanol–water partition coefficient (Wildman–Crippen LogP) is 2.90. The van der Waals surface area contributed by atoms with E-state index in [1.54, 1.807) is 0 Å². The second kappa shape index (κ2) is 5.52. The van der Waals surface area contributed by atoms with Crippen LogP contribution in [-0.4, -0.2) is 34.4 Å². The van der Waals surface area contributed by atoms with E-state index in [4.69, 9.17) is 16.7 Å². The number of carbonyl (C=O) groups is 1. The largest absolute Gasteiger partial charge is 0.503 e. The van der Waals surface area contributed by atoms with Gasteiger partial charge in [0.1, 0.15) is 0 Å². The Bertz CT molecular complexity index is 553. The first kappa shape index (κ1) is 15.0. The zero-order valence-electron chi connectivity index (χ0n) is 10.7. The number of likely N-dealkylation sites (tertiary alicyclic amines) is 1. The normalized spacial score (nSPS) is 22.9. The number of piperidine rings is 1. The van der Waals surface area contributed by atoms with Crippen molar-refractivity contribution in [3.63, 3.8) is 0 Å². The van der Waals surface area contributed by atoms with Crippen molar-refractivity contribution in [2.75, 3.05) is 13.1 Å². The Hall–Kier alpha value is -1.43. The van der Waals surface area contributed by atoms with Gasteiger partial charge >= 0.3 is 0 Å². The van der Waals surface area contributed by atoms with E-state index in [1.807, 2.05) is 6.92 Å².